The van der Waals surface area contributed by atoms with Gasteiger partial charge in [0.2, 0.25) is 0 Å². The number of ether oxygens (including phenoxy) is 1. The summed E-state index contributed by atoms with van der Waals surface area (Å²) in [5, 5.41) is 0. The molecule has 7 aromatic rings. The maximum absolute atomic E-state index is 6.44. The molecule has 0 saturated heterocycles. The molecule has 0 fully saturated rings. The number of rotatable bonds is 11. The molecule has 2 nitrogen and oxygen atoms in total. The molecule has 7 aromatic carbocycles. The Hall–Kier alpha value is -6.90. The third-order valence-corrected chi connectivity index (χ3v) is 11.1. The second-order valence-corrected chi connectivity index (χ2v) is 15.1. The Bertz CT molecular complexity index is 2630. The molecule has 0 N–H and O–H groups in total. The lowest BCUT2D eigenvalue weighted by molar-refractivity contribution is 0.317. The van der Waals surface area contributed by atoms with Crippen LogP contribution < -0.4 is 4.90 Å². The molecule has 0 heterocycles. The van der Waals surface area contributed by atoms with Gasteiger partial charge in [-0.15, -0.1) is 0 Å². The van der Waals surface area contributed by atoms with Gasteiger partial charge in [-0.05, 0) is 117 Å². The van der Waals surface area contributed by atoms with E-state index in [-0.39, 0.29) is 5.41 Å². The minimum Gasteiger partial charge on any atom is -0.460 e. The Labute approximate surface area is 338 Å². The van der Waals surface area contributed by atoms with Crippen molar-refractivity contribution in [1.82, 2.24) is 0 Å². The zero-order valence-corrected chi connectivity index (χ0v) is 33.2. The molecule has 1 aliphatic rings. The fourth-order valence-electron chi connectivity index (χ4n) is 8.07. The van der Waals surface area contributed by atoms with Crippen molar-refractivity contribution < 1.29 is 4.74 Å². The van der Waals surface area contributed by atoms with Gasteiger partial charge in [0.05, 0.1) is 5.70 Å². The summed E-state index contributed by atoms with van der Waals surface area (Å²) in [5.74, 6) is 1.25. The van der Waals surface area contributed by atoms with Crippen LogP contribution in [0.25, 0.3) is 50.1 Å². The summed E-state index contributed by atoms with van der Waals surface area (Å²) in [6, 6.07) is 62.6. The van der Waals surface area contributed by atoms with Crippen molar-refractivity contribution in [3.63, 3.8) is 0 Å². The first kappa shape index (κ1) is 37.0. The highest BCUT2D eigenvalue weighted by molar-refractivity contribution is 5.84. The van der Waals surface area contributed by atoms with Crippen molar-refractivity contribution in [2.24, 2.45) is 0 Å². The lowest BCUT2D eigenvalue weighted by Crippen LogP contribution is -2.18. The summed E-state index contributed by atoms with van der Waals surface area (Å²) in [4.78, 5) is 2.22. The normalized spacial score (nSPS) is 13.1. The van der Waals surface area contributed by atoms with Crippen LogP contribution in [0.15, 0.2) is 218 Å². The number of allylic oxidation sites excluding steroid dienone is 4. The Morgan fingerprint density at radius 1 is 0.526 bits per heavy atom. The van der Waals surface area contributed by atoms with Crippen LogP contribution in [0.2, 0.25) is 0 Å². The molecule has 0 spiro atoms. The van der Waals surface area contributed by atoms with Crippen molar-refractivity contribution in [3.8, 4) is 44.5 Å². The first-order valence-electron chi connectivity index (χ1n) is 19.6. The van der Waals surface area contributed by atoms with E-state index in [0.29, 0.717) is 11.5 Å². The molecule has 0 unspecified atom stereocenters. The number of benzene rings is 7. The molecule has 8 rings (SSSR count). The van der Waals surface area contributed by atoms with Crippen LogP contribution in [0, 0.1) is 0 Å². The van der Waals surface area contributed by atoms with Gasteiger partial charge in [-0.3, -0.25) is 0 Å². The standard InChI is InChI=1S/C55H47NO/c1-7-54(40(4)57-39(3)36-38(2)41-16-10-8-11-17-41)56(48-31-26-45(27-32-48)44-24-22-43(23-25-44)42-18-12-9-13-19-42)49-33-28-46(29-34-49)47-30-35-51-50-20-14-15-21-52(50)55(5,6)53(51)37-47/h7-37H,2,4H2,1,3,5-6H3/b39-36+,54-7+. The maximum atomic E-state index is 6.44. The van der Waals surface area contributed by atoms with Crippen molar-refractivity contribution in [1.29, 1.82) is 0 Å². The number of anilines is 2. The molecule has 57 heavy (non-hydrogen) atoms. The van der Waals surface area contributed by atoms with Crippen molar-refractivity contribution >= 4 is 16.9 Å². The van der Waals surface area contributed by atoms with Gasteiger partial charge in [0, 0.05) is 16.8 Å². The SMILES string of the molecule is C=C(O/C(C)=C/C(=C)c1ccccc1)/C(=C\C)N(c1ccc(-c2ccc(-c3ccccc3)cc2)cc1)c1ccc(-c2ccc3c(c2)C(C)(C)c2ccccc2-3)cc1. The summed E-state index contributed by atoms with van der Waals surface area (Å²) in [6.45, 7) is 17.4. The van der Waals surface area contributed by atoms with Crippen molar-refractivity contribution in [2.45, 2.75) is 33.1 Å². The van der Waals surface area contributed by atoms with Gasteiger partial charge in [-0.25, -0.2) is 0 Å². The van der Waals surface area contributed by atoms with E-state index in [2.05, 4.69) is 178 Å². The van der Waals surface area contributed by atoms with Crippen LogP contribution in [0.1, 0.15) is 44.4 Å². The summed E-state index contributed by atoms with van der Waals surface area (Å²) in [6.07, 6.45) is 4.02. The number of hydrogen-bond donors (Lipinski definition) is 0. The molecule has 278 valence electrons. The third-order valence-electron chi connectivity index (χ3n) is 11.1. The van der Waals surface area contributed by atoms with E-state index in [1.54, 1.807) is 0 Å². The average Bonchev–Trinajstić information content (AvgIpc) is 3.48. The number of nitrogens with zero attached hydrogens (tertiary/aromatic N) is 1. The van der Waals surface area contributed by atoms with E-state index in [4.69, 9.17) is 4.74 Å². The van der Waals surface area contributed by atoms with E-state index in [0.717, 1.165) is 44.9 Å². The quantitative estimate of drug-likeness (QED) is 0.0968. The highest BCUT2D eigenvalue weighted by Crippen LogP contribution is 2.49. The number of fused-ring (bicyclic) bond motifs is 3. The van der Waals surface area contributed by atoms with E-state index >= 15 is 0 Å². The minimum atomic E-state index is -0.0595. The molecule has 1 aliphatic carbocycles. The highest BCUT2D eigenvalue weighted by atomic mass is 16.5. The Kier molecular flexibility index (Phi) is 10.2. The molecule has 0 amide bonds. The number of hydrogen-bond acceptors (Lipinski definition) is 2. The molecule has 2 heteroatoms. The van der Waals surface area contributed by atoms with Crippen LogP contribution in [-0.2, 0) is 10.2 Å². The zero-order chi connectivity index (χ0) is 39.5. The molecule has 0 saturated carbocycles. The fourth-order valence-corrected chi connectivity index (χ4v) is 8.07. The summed E-state index contributed by atoms with van der Waals surface area (Å²) < 4.78 is 6.44. The minimum absolute atomic E-state index is 0.0595. The molecule has 0 aliphatic heterocycles. The van der Waals surface area contributed by atoms with E-state index in [9.17, 15) is 0 Å². The Morgan fingerprint density at radius 2 is 0.982 bits per heavy atom. The molecule has 0 radical (unpaired) electrons. The predicted molar refractivity (Wildman–Crippen MR) is 242 cm³/mol. The third kappa shape index (κ3) is 7.43. The Balaban J connectivity index is 1.11. The summed E-state index contributed by atoms with van der Waals surface area (Å²) in [5.41, 5.74) is 17.2. The monoisotopic (exact) mass is 737 g/mol. The maximum Gasteiger partial charge on any atom is 0.143 e. The first-order valence-corrected chi connectivity index (χ1v) is 19.6. The zero-order valence-electron chi connectivity index (χ0n) is 33.2. The van der Waals surface area contributed by atoms with Crippen molar-refractivity contribution in [3.05, 3.63) is 235 Å². The fraction of sp³-hybridized carbons (Fsp3) is 0.0909. The van der Waals surface area contributed by atoms with Crippen LogP contribution in [-0.4, -0.2) is 0 Å². The smallest absolute Gasteiger partial charge is 0.143 e. The first-order chi connectivity index (χ1) is 27.7. The van der Waals surface area contributed by atoms with Crippen LogP contribution in [0.3, 0.4) is 0 Å². The molecular weight excluding hydrogens is 691 g/mol. The highest BCUT2D eigenvalue weighted by Gasteiger charge is 2.35. The van der Waals surface area contributed by atoms with Gasteiger partial charge in [-0.1, -0.05) is 179 Å². The van der Waals surface area contributed by atoms with Crippen LogP contribution in [0.5, 0.6) is 0 Å². The van der Waals surface area contributed by atoms with Gasteiger partial charge < -0.3 is 9.64 Å². The Morgan fingerprint density at radius 3 is 1.56 bits per heavy atom. The van der Waals surface area contributed by atoms with Gasteiger partial charge in [0.1, 0.15) is 11.5 Å². The van der Waals surface area contributed by atoms with Crippen LogP contribution >= 0.6 is 0 Å². The van der Waals surface area contributed by atoms with Gasteiger partial charge >= 0.3 is 0 Å². The van der Waals surface area contributed by atoms with Crippen molar-refractivity contribution in [2.75, 3.05) is 4.90 Å². The predicted octanol–water partition coefficient (Wildman–Crippen LogP) is 15.2. The second kappa shape index (κ2) is 15.7. The van der Waals surface area contributed by atoms with E-state index < -0.39 is 0 Å². The summed E-state index contributed by atoms with van der Waals surface area (Å²) >= 11 is 0. The largest absolute Gasteiger partial charge is 0.460 e. The average molecular weight is 738 g/mol. The van der Waals surface area contributed by atoms with E-state index in [1.807, 2.05) is 56.3 Å². The summed E-state index contributed by atoms with van der Waals surface area (Å²) in [7, 11) is 0. The molecule has 0 aromatic heterocycles. The van der Waals surface area contributed by atoms with Gasteiger partial charge in [0.25, 0.3) is 0 Å². The molecule has 0 bridgehead atoms. The van der Waals surface area contributed by atoms with Gasteiger partial charge in [0.15, 0.2) is 0 Å². The molecule has 0 atom stereocenters. The molecular formula is C55H47NO. The van der Waals surface area contributed by atoms with E-state index in [1.165, 1.54) is 38.9 Å². The topological polar surface area (TPSA) is 12.5 Å². The lowest BCUT2D eigenvalue weighted by atomic mass is 9.81. The second-order valence-electron chi connectivity index (χ2n) is 15.1. The van der Waals surface area contributed by atoms with Crippen LogP contribution in [0.4, 0.5) is 11.4 Å². The van der Waals surface area contributed by atoms with Gasteiger partial charge in [-0.2, -0.15) is 0 Å². The lowest BCUT2D eigenvalue weighted by Gasteiger charge is -2.29.